The van der Waals surface area contributed by atoms with Gasteiger partial charge in [-0.25, -0.2) is 9.97 Å². The first-order valence-electron chi connectivity index (χ1n) is 7.59. The standard InChI is InChI=1S/C17H17IN4O2S/c1-9(2)14-6-11-16(19-8-20-17(11)25-14)22-21-7-10-4-12(18)15(23)13(5-10)24-3/h4-9,23H,1-3H3,(H,19,20,22)/b21-7+. The summed E-state index contributed by atoms with van der Waals surface area (Å²) in [6, 6.07) is 5.65. The molecule has 0 amide bonds. The second-order valence-electron chi connectivity index (χ2n) is 5.67. The first-order chi connectivity index (χ1) is 12.0. The minimum Gasteiger partial charge on any atom is -0.504 e. The van der Waals surface area contributed by atoms with Crippen molar-refractivity contribution in [2.75, 3.05) is 12.5 Å². The number of nitrogens with zero attached hydrogens (tertiary/aromatic N) is 3. The number of methoxy groups -OCH3 is 1. The summed E-state index contributed by atoms with van der Waals surface area (Å²) in [6.45, 7) is 4.31. The van der Waals surface area contributed by atoms with Crippen molar-refractivity contribution in [3.05, 3.63) is 38.5 Å². The summed E-state index contributed by atoms with van der Waals surface area (Å²) in [5.74, 6) is 1.66. The first-order valence-corrected chi connectivity index (χ1v) is 9.49. The summed E-state index contributed by atoms with van der Waals surface area (Å²) in [4.78, 5) is 10.8. The van der Waals surface area contributed by atoms with Crippen molar-refractivity contribution in [2.24, 2.45) is 5.10 Å². The Hall–Kier alpha value is -1.94. The summed E-state index contributed by atoms with van der Waals surface area (Å²) in [5.41, 5.74) is 3.79. The highest BCUT2D eigenvalue weighted by Crippen LogP contribution is 2.33. The number of phenols is 1. The monoisotopic (exact) mass is 468 g/mol. The van der Waals surface area contributed by atoms with Gasteiger partial charge in [0.1, 0.15) is 11.2 Å². The third-order valence-corrected chi connectivity index (χ3v) is 5.74. The average molecular weight is 468 g/mol. The van der Waals surface area contributed by atoms with Crippen LogP contribution in [0, 0.1) is 3.57 Å². The maximum Gasteiger partial charge on any atom is 0.171 e. The van der Waals surface area contributed by atoms with Crippen LogP contribution in [0.1, 0.15) is 30.2 Å². The molecule has 0 spiro atoms. The number of hydrazone groups is 1. The van der Waals surface area contributed by atoms with Gasteiger partial charge in [0.05, 0.1) is 22.3 Å². The number of anilines is 1. The minimum absolute atomic E-state index is 0.130. The van der Waals surface area contributed by atoms with Gasteiger partial charge in [0.25, 0.3) is 0 Å². The molecular formula is C17H17IN4O2S. The van der Waals surface area contributed by atoms with Gasteiger partial charge in [-0.3, -0.25) is 5.43 Å². The van der Waals surface area contributed by atoms with Crippen molar-refractivity contribution in [3.8, 4) is 11.5 Å². The molecule has 3 aromatic rings. The number of rotatable bonds is 5. The van der Waals surface area contributed by atoms with Crippen LogP contribution in [0.5, 0.6) is 11.5 Å². The van der Waals surface area contributed by atoms with E-state index in [1.54, 1.807) is 23.6 Å². The molecule has 1 aromatic carbocycles. The predicted octanol–water partition coefficient (Wildman–Crippen LogP) is 4.58. The maximum absolute atomic E-state index is 9.88. The predicted molar refractivity (Wildman–Crippen MR) is 110 cm³/mol. The number of ether oxygens (including phenoxy) is 1. The van der Waals surface area contributed by atoms with Crippen LogP contribution in [0.15, 0.2) is 29.6 Å². The zero-order chi connectivity index (χ0) is 18.0. The highest BCUT2D eigenvalue weighted by atomic mass is 127. The van der Waals surface area contributed by atoms with Crippen LogP contribution in [-0.2, 0) is 0 Å². The number of phenolic OH excluding ortho intramolecular Hbond substituents is 1. The summed E-state index contributed by atoms with van der Waals surface area (Å²) in [6.07, 6.45) is 3.20. The van der Waals surface area contributed by atoms with Gasteiger partial charge in [-0.1, -0.05) is 13.8 Å². The van der Waals surface area contributed by atoms with Gasteiger partial charge in [0, 0.05) is 4.88 Å². The molecule has 25 heavy (non-hydrogen) atoms. The molecule has 2 aromatic heterocycles. The Labute approximate surface area is 163 Å². The number of hydrogen-bond donors (Lipinski definition) is 2. The van der Waals surface area contributed by atoms with E-state index in [9.17, 15) is 5.11 Å². The van der Waals surface area contributed by atoms with E-state index in [2.05, 4.69) is 63.0 Å². The van der Waals surface area contributed by atoms with Gasteiger partial charge in [-0.2, -0.15) is 5.10 Å². The molecule has 0 aliphatic rings. The molecule has 0 radical (unpaired) electrons. The minimum atomic E-state index is 0.130. The Morgan fingerprint density at radius 3 is 2.84 bits per heavy atom. The molecule has 130 valence electrons. The number of aromatic nitrogens is 2. The second-order valence-corrected chi connectivity index (χ2v) is 7.89. The molecule has 0 unspecified atom stereocenters. The Balaban J connectivity index is 1.85. The van der Waals surface area contributed by atoms with E-state index in [1.165, 1.54) is 18.3 Å². The molecule has 0 atom stereocenters. The van der Waals surface area contributed by atoms with Crippen molar-refractivity contribution in [1.82, 2.24) is 9.97 Å². The van der Waals surface area contributed by atoms with Crippen LogP contribution in [0.4, 0.5) is 5.82 Å². The fourth-order valence-electron chi connectivity index (χ4n) is 2.24. The average Bonchev–Trinajstić information content (AvgIpc) is 3.03. The van der Waals surface area contributed by atoms with E-state index < -0.39 is 0 Å². The largest absolute Gasteiger partial charge is 0.504 e. The fourth-order valence-corrected chi connectivity index (χ4v) is 3.87. The zero-order valence-electron chi connectivity index (χ0n) is 13.9. The number of nitrogens with one attached hydrogen (secondary N) is 1. The number of fused-ring (bicyclic) bond motifs is 1. The summed E-state index contributed by atoms with van der Waals surface area (Å²) in [7, 11) is 1.52. The SMILES string of the molecule is COc1cc(/C=N/Nc2ncnc3sc(C(C)C)cc23)cc(I)c1O. The lowest BCUT2D eigenvalue weighted by Gasteiger charge is -2.06. The lowest BCUT2D eigenvalue weighted by atomic mass is 10.2. The molecule has 0 aliphatic carbocycles. The third kappa shape index (κ3) is 3.84. The summed E-state index contributed by atoms with van der Waals surface area (Å²) >= 11 is 3.72. The van der Waals surface area contributed by atoms with Crippen LogP contribution in [0.3, 0.4) is 0 Å². The third-order valence-electron chi connectivity index (χ3n) is 3.57. The van der Waals surface area contributed by atoms with Crippen LogP contribution in [-0.4, -0.2) is 28.4 Å². The molecule has 0 aliphatic heterocycles. The van der Waals surface area contributed by atoms with E-state index in [0.717, 1.165) is 15.8 Å². The quantitative estimate of drug-likeness (QED) is 0.326. The van der Waals surface area contributed by atoms with Gasteiger partial charge in [0.15, 0.2) is 17.3 Å². The Kier molecular flexibility index (Phi) is 5.38. The van der Waals surface area contributed by atoms with Crippen molar-refractivity contribution in [3.63, 3.8) is 0 Å². The lowest BCUT2D eigenvalue weighted by molar-refractivity contribution is 0.371. The second kappa shape index (κ2) is 7.52. The van der Waals surface area contributed by atoms with E-state index in [1.807, 2.05) is 6.07 Å². The lowest BCUT2D eigenvalue weighted by Crippen LogP contribution is -1.95. The number of hydrogen-bond acceptors (Lipinski definition) is 7. The molecule has 0 saturated carbocycles. The Bertz CT molecular complexity index is 940. The molecular weight excluding hydrogens is 451 g/mol. The number of thiophene rings is 1. The van der Waals surface area contributed by atoms with E-state index in [0.29, 0.717) is 21.1 Å². The molecule has 2 N–H and O–H groups in total. The summed E-state index contributed by atoms with van der Waals surface area (Å²) < 4.78 is 5.85. The van der Waals surface area contributed by atoms with Gasteiger partial charge in [-0.15, -0.1) is 11.3 Å². The van der Waals surface area contributed by atoms with Crippen LogP contribution in [0.2, 0.25) is 0 Å². The molecule has 2 heterocycles. The molecule has 0 fully saturated rings. The first kappa shape index (κ1) is 17.9. The van der Waals surface area contributed by atoms with Crippen molar-refractivity contribution in [2.45, 2.75) is 19.8 Å². The smallest absolute Gasteiger partial charge is 0.171 e. The Morgan fingerprint density at radius 2 is 2.12 bits per heavy atom. The van der Waals surface area contributed by atoms with Crippen molar-refractivity contribution >= 4 is 56.2 Å². The van der Waals surface area contributed by atoms with Crippen molar-refractivity contribution in [1.29, 1.82) is 0 Å². The molecule has 6 nitrogen and oxygen atoms in total. The number of halogens is 1. The highest BCUT2D eigenvalue weighted by molar-refractivity contribution is 14.1. The molecule has 0 saturated heterocycles. The van der Waals surface area contributed by atoms with Crippen LogP contribution < -0.4 is 10.2 Å². The van der Waals surface area contributed by atoms with E-state index >= 15 is 0 Å². The van der Waals surface area contributed by atoms with Gasteiger partial charge >= 0.3 is 0 Å². The van der Waals surface area contributed by atoms with E-state index in [-0.39, 0.29) is 5.75 Å². The van der Waals surface area contributed by atoms with Gasteiger partial charge < -0.3 is 9.84 Å². The summed E-state index contributed by atoms with van der Waals surface area (Å²) in [5, 5.41) is 15.1. The van der Waals surface area contributed by atoms with Crippen LogP contribution in [0.25, 0.3) is 10.2 Å². The normalized spacial score (nSPS) is 11.6. The van der Waals surface area contributed by atoms with Crippen LogP contribution >= 0.6 is 33.9 Å². The maximum atomic E-state index is 9.88. The zero-order valence-corrected chi connectivity index (χ0v) is 16.9. The fraction of sp³-hybridized carbons (Fsp3) is 0.235. The topological polar surface area (TPSA) is 79.6 Å². The number of aromatic hydroxyl groups is 1. The van der Waals surface area contributed by atoms with Crippen molar-refractivity contribution < 1.29 is 9.84 Å². The number of benzene rings is 1. The Morgan fingerprint density at radius 1 is 1.32 bits per heavy atom. The molecule has 8 heteroatoms. The van der Waals surface area contributed by atoms with Gasteiger partial charge in [0.2, 0.25) is 0 Å². The van der Waals surface area contributed by atoms with Gasteiger partial charge in [-0.05, 0) is 52.3 Å². The van der Waals surface area contributed by atoms with E-state index in [4.69, 9.17) is 4.74 Å². The molecule has 3 rings (SSSR count). The molecule has 0 bridgehead atoms. The highest BCUT2D eigenvalue weighted by Gasteiger charge is 2.11.